The van der Waals surface area contributed by atoms with Crippen molar-refractivity contribution in [2.75, 3.05) is 48.8 Å². The lowest BCUT2D eigenvalue weighted by atomic mass is 9.96. The Kier molecular flexibility index (Phi) is 8.25. The van der Waals surface area contributed by atoms with Crippen molar-refractivity contribution in [1.29, 1.82) is 0 Å². The minimum absolute atomic E-state index is 0.583. The van der Waals surface area contributed by atoms with Crippen LogP contribution in [0, 0.1) is 6.92 Å². The van der Waals surface area contributed by atoms with Crippen LogP contribution in [0.15, 0.2) is 59.6 Å². The maximum absolute atomic E-state index is 4.76. The van der Waals surface area contributed by atoms with Crippen LogP contribution >= 0.6 is 11.9 Å². The van der Waals surface area contributed by atoms with Crippen LogP contribution in [0.25, 0.3) is 0 Å². The molecular weight excluding hydrogens is 466 g/mol. The lowest BCUT2D eigenvalue weighted by Crippen LogP contribution is -2.44. The third kappa shape index (κ3) is 6.69. The van der Waals surface area contributed by atoms with E-state index in [0.717, 1.165) is 48.9 Å². The molecule has 1 saturated carbocycles. The Morgan fingerprint density at radius 2 is 1.67 bits per heavy atom. The number of piperazine rings is 1. The second-order valence-corrected chi connectivity index (χ2v) is 10.8. The van der Waals surface area contributed by atoms with Gasteiger partial charge in [-0.25, -0.2) is 4.98 Å². The van der Waals surface area contributed by atoms with E-state index < -0.39 is 0 Å². The van der Waals surface area contributed by atoms with Crippen LogP contribution in [-0.4, -0.2) is 54.1 Å². The van der Waals surface area contributed by atoms with E-state index in [1.165, 1.54) is 42.7 Å². The SMILES string of the molecule is Cc1cnc(Nc2ccc(N3CCN(C)CC3)cc2)nc1Nc1cccc(SNC2CCCCC2)c1. The van der Waals surface area contributed by atoms with Crippen molar-refractivity contribution in [1.82, 2.24) is 19.6 Å². The van der Waals surface area contributed by atoms with Crippen molar-refractivity contribution >= 4 is 40.8 Å². The summed E-state index contributed by atoms with van der Waals surface area (Å²) in [6.07, 6.45) is 8.46. The summed E-state index contributed by atoms with van der Waals surface area (Å²) >= 11 is 1.73. The Hall–Kier alpha value is -2.81. The topological polar surface area (TPSA) is 68.4 Å². The minimum atomic E-state index is 0.583. The van der Waals surface area contributed by atoms with Gasteiger partial charge in [-0.1, -0.05) is 25.3 Å². The number of likely N-dealkylation sites (N-methyl/N-ethyl adjacent to an activating group) is 1. The Morgan fingerprint density at radius 3 is 2.44 bits per heavy atom. The molecular formula is C28H37N7S. The van der Waals surface area contributed by atoms with Crippen molar-refractivity contribution < 1.29 is 0 Å². The van der Waals surface area contributed by atoms with Crippen LogP contribution in [0.4, 0.5) is 28.8 Å². The maximum atomic E-state index is 4.76. The van der Waals surface area contributed by atoms with Crippen LogP contribution < -0.4 is 20.3 Å². The number of aromatic nitrogens is 2. The average molecular weight is 504 g/mol. The van der Waals surface area contributed by atoms with Crippen LogP contribution in [0.3, 0.4) is 0 Å². The highest BCUT2D eigenvalue weighted by Crippen LogP contribution is 2.27. The summed E-state index contributed by atoms with van der Waals surface area (Å²) in [5.74, 6) is 1.39. The zero-order valence-electron chi connectivity index (χ0n) is 21.3. The largest absolute Gasteiger partial charge is 0.369 e. The molecule has 1 aliphatic carbocycles. The molecule has 1 aromatic heterocycles. The van der Waals surface area contributed by atoms with E-state index in [2.05, 4.69) is 85.7 Å². The molecule has 1 aliphatic heterocycles. The predicted molar refractivity (Wildman–Crippen MR) is 152 cm³/mol. The first-order chi connectivity index (χ1) is 17.6. The number of nitrogens with zero attached hydrogens (tertiary/aromatic N) is 4. The highest BCUT2D eigenvalue weighted by Gasteiger charge is 2.15. The van der Waals surface area contributed by atoms with E-state index >= 15 is 0 Å². The number of aryl methyl sites for hydroxylation is 1. The summed E-state index contributed by atoms with van der Waals surface area (Å²) in [6.45, 7) is 6.36. The van der Waals surface area contributed by atoms with E-state index in [-0.39, 0.29) is 0 Å². The molecule has 2 fully saturated rings. The third-order valence-electron chi connectivity index (χ3n) is 7.01. The summed E-state index contributed by atoms with van der Waals surface area (Å²) in [5.41, 5.74) is 4.27. The number of hydrogen-bond donors (Lipinski definition) is 3. The van der Waals surface area contributed by atoms with Crippen LogP contribution in [0.2, 0.25) is 0 Å². The molecule has 3 N–H and O–H groups in total. The van der Waals surface area contributed by atoms with Crippen LogP contribution in [0.1, 0.15) is 37.7 Å². The minimum Gasteiger partial charge on any atom is -0.369 e. The fourth-order valence-corrected chi connectivity index (χ4v) is 5.59. The molecule has 0 amide bonds. The van der Waals surface area contributed by atoms with Gasteiger partial charge in [-0.3, -0.25) is 4.72 Å². The average Bonchev–Trinajstić information content (AvgIpc) is 2.91. The summed E-state index contributed by atoms with van der Waals surface area (Å²) in [4.78, 5) is 15.3. The van der Waals surface area contributed by atoms with Crippen molar-refractivity contribution in [2.24, 2.45) is 0 Å². The van der Waals surface area contributed by atoms with Gasteiger partial charge < -0.3 is 20.4 Å². The molecule has 2 heterocycles. The second kappa shape index (κ2) is 12.0. The van der Waals surface area contributed by atoms with Gasteiger partial charge in [0.05, 0.1) is 0 Å². The molecule has 8 heteroatoms. The fourth-order valence-electron chi connectivity index (χ4n) is 4.72. The van der Waals surface area contributed by atoms with E-state index in [9.17, 15) is 0 Å². The van der Waals surface area contributed by atoms with Gasteiger partial charge in [0.1, 0.15) is 5.82 Å². The first-order valence-corrected chi connectivity index (χ1v) is 13.9. The first-order valence-electron chi connectivity index (χ1n) is 13.1. The quantitative estimate of drug-likeness (QED) is 0.326. The van der Waals surface area contributed by atoms with E-state index in [1.54, 1.807) is 11.9 Å². The van der Waals surface area contributed by atoms with Gasteiger partial charge in [0, 0.05) is 65.9 Å². The molecule has 190 valence electrons. The lowest BCUT2D eigenvalue weighted by Gasteiger charge is -2.34. The summed E-state index contributed by atoms with van der Waals surface area (Å²) in [7, 11) is 2.18. The molecule has 2 aromatic carbocycles. The van der Waals surface area contributed by atoms with Gasteiger partial charge >= 0.3 is 0 Å². The molecule has 7 nitrogen and oxygen atoms in total. The van der Waals surface area contributed by atoms with Gasteiger partial charge in [0.15, 0.2) is 0 Å². The van der Waals surface area contributed by atoms with Crippen molar-refractivity contribution in [3.63, 3.8) is 0 Å². The van der Waals surface area contributed by atoms with Crippen molar-refractivity contribution in [3.05, 3.63) is 60.3 Å². The van der Waals surface area contributed by atoms with Gasteiger partial charge in [-0.05, 0) is 81.2 Å². The summed E-state index contributed by atoms with van der Waals surface area (Å²) in [6, 6.07) is 17.7. The molecule has 5 rings (SSSR count). The third-order valence-corrected chi connectivity index (χ3v) is 7.95. The van der Waals surface area contributed by atoms with E-state index in [4.69, 9.17) is 4.98 Å². The number of anilines is 5. The normalized spacial score (nSPS) is 17.2. The van der Waals surface area contributed by atoms with Crippen molar-refractivity contribution in [3.8, 4) is 0 Å². The molecule has 36 heavy (non-hydrogen) atoms. The van der Waals surface area contributed by atoms with Gasteiger partial charge in [-0.15, -0.1) is 0 Å². The standard InChI is InChI=1S/C28H37N7S/c1-21-20-29-28(31-22-11-13-25(14-12-22)35-17-15-34(2)16-18-35)32-27(21)30-24-9-6-10-26(19-24)36-33-23-7-4-3-5-8-23/h6,9-14,19-20,23,33H,3-5,7-8,15-18H2,1-2H3,(H2,29,30,31,32). The van der Waals surface area contributed by atoms with E-state index in [1.807, 2.05) is 13.1 Å². The number of hydrogen-bond acceptors (Lipinski definition) is 8. The highest BCUT2D eigenvalue weighted by atomic mass is 32.2. The van der Waals surface area contributed by atoms with E-state index in [0.29, 0.717) is 12.0 Å². The monoisotopic (exact) mass is 503 g/mol. The molecule has 2 aliphatic rings. The Morgan fingerprint density at radius 1 is 0.889 bits per heavy atom. The number of nitrogens with one attached hydrogen (secondary N) is 3. The fraction of sp³-hybridized carbons (Fsp3) is 0.429. The zero-order valence-corrected chi connectivity index (χ0v) is 22.2. The molecule has 0 spiro atoms. The number of rotatable bonds is 8. The zero-order chi connectivity index (χ0) is 24.7. The molecule has 1 saturated heterocycles. The molecule has 0 atom stereocenters. The Labute approximate surface area is 219 Å². The van der Waals surface area contributed by atoms with Gasteiger partial charge in [0.2, 0.25) is 5.95 Å². The van der Waals surface area contributed by atoms with Crippen LogP contribution in [-0.2, 0) is 0 Å². The van der Waals surface area contributed by atoms with Crippen molar-refractivity contribution in [2.45, 2.75) is 50.0 Å². The summed E-state index contributed by atoms with van der Waals surface area (Å²) in [5, 5.41) is 6.85. The molecule has 3 aromatic rings. The lowest BCUT2D eigenvalue weighted by molar-refractivity contribution is 0.313. The van der Waals surface area contributed by atoms with Crippen LogP contribution in [0.5, 0.6) is 0 Å². The Balaban J connectivity index is 1.20. The van der Waals surface area contributed by atoms with Gasteiger partial charge in [0.25, 0.3) is 0 Å². The van der Waals surface area contributed by atoms with Gasteiger partial charge in [-0.2, -0.15) is 4.98 Å². The molecule has 0 unspecified atom stereocenters. The highest BCUT2D eigenvalue weighted by molar-refractivity contribution is 7.97. The maximum Gasteiger partial charge on any atom is 0.229 e. The summed E-state index contributed by atoms with van der Waals surface area (Å²) < 4.78 is 3.65. The molecule has 0 radical (unpaired) electrons. The second-order valence-electron chi connectivity index (χ2n) is 9.90. The smallest absolute Gasteiger partial charge is 0.229 e. The Bertz CT molecular complexity index is 1120. The number of benzene rings is 2. The first kappa shape index (κ1) is 24.9. The predicted octanol–water partition coefficient (Wildman–Crippen LogP) is 5.95. The molecule has 0 bridgehead atoms.